The molecular formula is C24H27CsN2O7. The summed E-state index contributed by atoms with van der Waals surface area (Å²) in [6.45, 7) is 4.46. The van der Waals surface area contributed by atoms with Gasteiger partial charge in [-0.05, 0) is 35.9 Å². The smallest absolute Gasteiger partial charge is 0.545 e. The van der Waals surface area contributed by atoms with Crippen LogP contribution in [0.5, 0.6) is 11.5 Å². The number of anilines is 1. The second kappa shape index (κ2) is 14.5. The summed E-state index contributed by atoms with van der Waals surface area (Å²) in [7, 11) is 0. The van der Waals surface area contributed by atoms with Crippen molar-refractivity contribution in [3.05, 3.63) is 53.6 Å². The van der Waals surface area contributed by atoms with Crippen LogP contribution >= 0.6 is 0 Å². The third kappa shape index (κ3) is 7.97. The van der Waals surface area contributed by atoms with Gasteiger partial charge in [-0.3, -0.25) is 5.01 Å². The molecule has 0 radical (unpaired) electrons. The van der Waals surface area contributed by atoms with Gasteiger partial charge < -0.3 is 33.6 Å². The van der Waals surface area contributed by atoms with E-state index in [0.29, 0.717) is 70.9 Å². The summed E-state index contributed by atoms with van der Waals surface area (Å²) < 4.78 is 28.3. The Labute approximate surface area is 257 Å². The van der Waals surface area contributed by atoms with Crippen molar-refractivity contribution in [3.8, 4) is 11.5 Å². The molecule has 2 aromatic rings. The van der Waals surface area contributed by atoms with Crippen molar-refractivity contribution in [1.29, 1.82) is 0 Å². The maximum atomic E-state index is 11.0. The summed E-state index contributed by atoms with van der Waals surface area (Å²) in [6, 6.07) is 12.3. The van der Waals surface area contributed by atoms with Gasteiger partial charge in [0, 0.05) is 18.5 Å². The molecule has 0 fully saturated rings. The molecule has 0 spiro atoms. The predicted molar refractivity (Wildman–Crippen MR) is 119 cm³/mol. The van der Waals surface area contributed by atoms with Crippen LogP contribution in [0.1, 0.15) is 22.3 Å². The van der Waals surface area contributed by atoms with Crippen LogP contribution in [-0.4, -0.2) is 71.1 Å². The van der Waals surface area contributed by atoms with E-state index in [2.05, 4.69) is 0 Å². The number of rotatable bonds is 3. The minimum Gasteiger partial charge on any atom is -0.545 e. The number of ether oxygens (including phenoxy) is 5. The standard InChI is InChI=1S/C24H28N2O7.Cs/c27-24(28)18-1-4-20(5-2-18)26-8-7-21(25-26)19-3-6-22-23(17-19)33-16-14-31-12-10-29-9-11-30-13-15-32-22;/h1-6,17H,7-16H2,(H,27,28);/q;+1/p-1. The van der Waals surface area contributed by atoms with E-state index in [4.69, 9.17) is 28.8 Å². The van der Waals surface area contributed by atoms with Crippen LogP contribution in [0.3, 0.4) is 0 Å². The van der Waals surface area contributed by atoms with Crippen molar-refractivity contribution in [2.75, 3.05) is 64.4 Å². The fraction of sp³-hybridized carbons (Fsp3) is 0.417. The van der Waals surface area contributed by atoms with Gasteiger partial charge in [0.2, 0.25) is 0 Å². The van der Waals surface area contributed by atoms with Gasteiger partial charge in [0.15, 0.2) is 11.5 Å². The average molecular weight is 588 g/mol. The molecule has 10 heteroatoms. The third-order valence-electron chi connectivity index (χ3n) is 5.19. The molecule has 2 heterocycles. The predicted octanol–water partition coefficient (Wildman–Crippen LogP) is -1.51. The maximum Gasteiger partial charge on any atom is 1.00 e. The van der Waals surface area contributed by atoms with Crippen LogP contribution in [0.25, 0.3) is 0 Å². The van der Waals surface area contributed by atoms with Gasteiger partial charge in [0.1, 0.15) is 13.2 Å². The molecule has 34 heavy (non-hydrogen) atoms. The monoisotopic (exact) mass is 588 g/mol. The Morgan fingerprint density at radius 2 is 1.38 bits per heavy atom. The molecule has 2 aromatic carbocycles. The van der Waals surface area contributed by atoms with Gasteiger partial charge in [-0.2, -0.15) is 5.10 Å². The second-order valence-electron chi connectivity index (χ2n) is 7.45. The zero-order valence-corrected chi connectivity index (χ0v) is 25.6. The van der Waals surface area contributed by atoms with Crippen molar-refractivity contribution in [2.24, 2.45) is 5.10 Å². The molecule has 0 saturated heterocycles. The number of carboxylic acid groups (broad SMARTS) is 1. The molecule has 0 aromatic heterocycles. The Kier molecular flexibility index (Phi) is 11.7. The van der Waals surface area contributed by atoms with Gasteiger partial charge in [0.05, 0.1) is 57.0 Å². The first kappa shape index (κ1) is 27.5. The molecule has 2 aliphatic heterocycles. The normalized spacial score (nSPS) is 17.6. The van der Waals surface area contributed by atoms with Crippen LogP contribution in [0, 0.1) is 0 Å². The van der Waals surface area contributed by atoms with Gasteiger partial charge in [-0.25, -0.2) is 0 Å². The Morgan fingerprint density at radius 3 is 2.00 bits per heavy atom. The number of aromatic carboxylic acids is 1. The number of hydrazone groups is 1. The molecule has 0 bridgehead atoms. The van der Waals surface area contributed by atoms with Crippen molar-refractivity contribution in [3.63, 3.8) is 0 Å². The molecule has 0 aliphatic carbocycles. The zero-order valence-electron chi connectivity index (χ0n) is 19.4. The molecule has 0 atom stereocenters. The Hall–Kier alpha value is -1.09. The van der Waals surface area contributed by atoms with Crippen molar-refractivity contribution in [2.45, 2.75) is 6.42 Å². The fourth-order valence-corrected chi connectivity index (χ4v) is 3.50. The minimum absolute atomic E-state index is 0. The molecule has 0 N–H and O–H groups in total. The van der Waals surface area contributed by atoms with Crippen LogP contribution in [0.4, 0.5) is 5.69 Å². The molecule has 0 amide bonds. The number of carbonyl (C=O) groups excluding carboxylic acids is 1. The maximum absolute atomic E-state index is 11.0. The van der Waals surface area contributed by atoms with Crippen molar-refractivity contribution in [1.82, 2.24) is 0 Å². The summed E-state index contributed by atoms with van der Waals surface area (Å²) in [4.78, 5) is 11.0. The first-order chi connectivity index (χ1) is 16.2. The summed E-state index contributed by atoms with van der Waals surface area (Å²) in [5.41, 5.74) is 2.82. The topological polar surface area (TPSA) is 102 Å². The quantitative estimate of drug-likeness (QED) is 0.427. The second-order valence-corrected chi connectivity index (χ2v) is 7.45. The molecule has 0 unspecified atom stereocenters. The van der Waals surface area contributed by atoms with Crippen LogP contribution in [0.15, 0.2) is 47.6 Å². The summed E-state index contributed by atoms with van der Waals surface area (Å²) in [5.74, 6) is 0.0727. The van der Waals surface area contributed by atoms with Crippen LogP contribution < -0.4 is 88.5 Å². The van der Waals surface area contributed by atoms with Gasteiger partial charge in [0.25, 0.3) is 0 Å². The Balaban J connectivity index is 0.00000324. The Bertz CT molecular complexity index is 968. The number of carbonyl (C=O) groups is 1. The number of carboxylic acids is 1. The number of nitrogens with zero attached hydrogens (tertiary/aromatic N) is 2. The first-order valence-electron chi connectivity index (χ1n) is 11.0. The van der Waals surface area contributed by atoms with Crippen molar-refractivity contribution < 1.29 is 102 Å². The largest absolute Gasteiger partial charge is 1.00 e. The van der Waals surface area contributed by atoms with E-state index in [9.17, 15) is 9.90 Å². The molecular weight excluding hydrogens is 561 g/mol. The van der Waals surface area contributed by atoms with Crippen LogP contribution in [0.2, 0.25) is 0 Å². The summed E-state index contributed by atoms with van der Waals surface area (Å²) in [6.07, 6.45) is 0.749. The number of hydrogen-bond donors (Lipinski definition) is 0. The van der Waals surface area contributed by atoms with E-state index in [1.807, 2.05) is 23.2 Å². The minimum atomic E-state index is -1.19. The summed E-state index contributed by atoms with van der Waals surface area (Å²) in [5, 5.41) is 17.5. The van der Waals surface area contributed by atoms with Crippen LogP contribution in [-0.2, 0) is 14.2 Å². The van der Waals surface area contributed by atoms with Gasteiger partial charge >= 0.3 is 68.9 Å². The van der Waals surface area contributed by atoms with E-state index in [-0.39, 0.29) is 74.5 Å². The van der Waals surface area contributed by atoms with Gasteiger partial charge in [-0.1, -0.05) is 12.1 Å². The number of benzene rings is 2. The molecule has 9 nitrogen and oxygen atoms in total. The zero-order chi connectivity index (χ0) is 22.9. The molecule has 2 aliphatic rings. The van der Waals surface area contributed by atoms with Gasteiger partial charge in [-0.15, -0.1) is 0 Å². The van der Waals surface area contributed by atoms with Crippen molar-refractivity contribution >= 4 is 17.4 Å². The number of hydrogen-bond acceptors (Lipinski definition) is 9. The molecule has 176 valence electrons. The first-order valence-corrected chi connectivity index (χ1v) is 11.0. The van der Waals surface area contributed by atoms with E-state index < -0.39 is 5.97 Å². The fourth-order valence-electron chi connectivity index (χ4n) is 3.50. The van der Waals surface area contributed by atoms with E-state index >= 15 is 0 Å². The van der Waals surface area contributed by atoms with E-state index in [1.54, 1.807) is 12.1 Å². The average Bonchev–Trinajstić information content (AvgIpc) is 3.32. The number of fused-ring (bicyclic) bond motifs is 1. The Morgan fingerprint density at radius 1 is 0.794 bits per heavy atom. The SMILES string of the molecule is O=C([O-])c1ccc(N2CCC(c3ccc4c(c3)OCCOCCOCCOCCO4)=N2)cc1.[Cs+]. The van der Waals surface area contributed by atoms with E-state index in [1.165, 1.54) is 12.1 Å². The van der Waals surface area contributed by atoms with E-state index in [0.717, 1.165) is 23.4 Å². The molecule has 0 saturated carbocycles. The third-order valence-corrected chi connectivity index (χ3v) is 5.19. The molecule has 4 rings (SSSR count). The summed E-state index contributed by atoms with van der Waals surface area (Å²) >= 11 is 0.